The van der Waals surface area contributed by atoms with Crippen molar-refractivity contribution in [3.05, 3.63) is 53.4 Å². The van der Waals surface area contributed by atoms with Crippen molar-refractivity contribution in [3.63, 3.8) is 0 Å². The largest absolute Gasteiger partial charge is 0.452 e. The van der Waals surface area contributed by atoms with Crippen LogP contribution in [0.5, 0.6) is 0 Å². The minimum atomic E-state index is -0.648. The van der Waals surface area contributed by atoms with E-state index in [0.29, 0.717) is 5.82 Å². The van der Waals surface area contributed by atoms with Gasteiger partial charge < -0.3 is 10.1 Å². The first kappa shape index (κ1) is 14.0. The highest BCUT2D eigenvalue weighted by Crippen LogP contribution is 2.08. The quantitative estimate of drug-likeness (QED) is 0.687. The van der Waals surface area contributed by atoms with Gasteiger partial charge in [-0.3, -0.25) is 4.79 Å². The molecule has 0 aliphatic heterocycles. The maximum atomic E-state index is 11.6. The molecular formula is C13H10ClN3O3. The van der Waals surface area contributed by atoms with Gasteiger partial charge in [0.25, 0.3) is 5.91 Å². The number of carbonyl (C=O) groups is 2. The normalized spacial score (nSPS) is 9.85. The van der Waals surface area contributed by atoms with Crippen molar-refractivity contribution >= 4 is 29.3 Å². The van der Waals surface area contributed by atoms with Crippen LogP contribution in [0.4, 0.5) is 5.82 Å². The summed E-state index contributed by atoms with van der Waals surface area (Å²) in [5, 5.41) is 2.67. The third kappa shape index (κ3) is 4.03. The van der Waals surface area contributed by atoms with Crippen molar-refractivity contribution in [2.75, 3.05) is 11.9 Å². The Labute approximate surface area is 119 Å². The Morgan fingerprint density at radius 1 is 1.20 bits per heavy atom. The second-order valence-corrected chi connectivity index (χ2v) is 4.09. The van der Waals surface area contributed by atoms with Crippen LogP contribution in [0.1, 0.15) is 10.4 Å². The summed E-state index contributed by atoms with van der Waals surface area (Å²) in [4.78, 5) is 30.9. The molecule has 0 aliphatic carbocycles. The molecular weight excluding hydrogens is 282 g/mol. The number of amides is 1. The molecule has 0 saturated carbocycles. The summed E-state index contributed by atoms with van der Waals surface area (Å²) in [6.45, 7) is -0.407. The van der Waals surface area contributed by atoms with Crippen molar-refractivity contribution in [3.8, 4) is 0 Å². The van der Waals surface area contributed by atoms with E-state index in [1.807, 2.05) is 0 Å². The molecule has 7 heteroatoms. The molecule has 0 atom stereocenters. The van der Waals surface area contributed by atoms with E-state index < -0.39 is 18.5 Å². The lowest BCUT2D eigenvalue weighted by Crippen LogP contribution is -2.21. The monoisotopic (exact) mass is 291 g/mol. The van der Waals surface area contributed by atoms with E-state index >= 15 is 0 Å². The third-order valence-electron chi connectivity index (χ3n) is 2.23. The Morgan fingerprint density at radius 3 is 2.75 bits per heavy atom. The van der Waals surface area contributed by atoms with Gasteiger partial charge in [0.05, 0.1) is 5.56 Å². The zero-order valence-corrected chi connectivity index (χ0v) is 11.0. The number of hydrogen-bond donors (Lipinski definition) is 1. The Morgan fingerprint density at radius 2 is 2.05 bits per heavy atom. The maximum absolute atomic E-state index is 11.6. The predicted octanol–water partition coefficient (Wildman–Crippen LogP) is 1.93. The van der Waals surface area contributed by atoms with Gasteiger partial charge in [-0.2, -0.15) is 0 Å². The first-order chi connectivity index (χ1) is 9.65. The number of aromatic nitrogens is 2. The summed E-state index contributed by atoms with van der Waals surface area (Å²) in [6, 6.07) is 7.89. The van der Waals surface area contributed by atoms with E-state index in [1.165, 1.54) is 18.3 Å². The number of esters is 1. The van der Waals surface area contributed by atoms with E-state index in [2.05, 4.69) is 15.3 Å². The highest BCUT2D eigenvalue weighted by Gasteiger charge is 2.11. The Bertz CT molecular complexity index is 619. The van der Waals surface area contributed by atoms with E-state index in [9.17, 15) is 9.59 Å². The number of halogens is 1. The number of pyridine rings is 2. The molecule has 6 nitrogen and oxygen atoms in total. The summed E-state index contributed by atoms with van der Waals surface area (Å²) >= 11 is 5.65. The fourth-order valence-electron chi connectivity index (χ4n) is 1.36. The molecule has 2 heterocycles. The number of rotatable bonds is 4. The van der Waals surface area contributed by atoms with Crippen LogP contribution in [0.2, 0.25) is 5.15 Å². The van der Waals surface area contributed by atoms with E-state index in [0.717, 1.165) is 0 Å². The minimum Gasteiger partial charge on any atom is -0.452 e. The molecule has 0 unspecified atom stereocenters. The van der Waals surface area contributed by atoms with Crippen LogP contribution in [0.25, 0.3) is 0 Å². The summed E-state index contributed by atoms with van der Waals surface area (Å²) in [7, 11) is 0. The molecule has 0 spiro atoms. The van der Waals surface area contributed by atoms with Crippen LogP contribution in [0.3, 0.4) is 0 Å². The first-order valence-electron chi connectivity index (χ1n) is 5.65. The molecule has 1 N–H and O–H groups in total. The fourth-order valence-corrected chi connectivity index (χ4v) is 1.53. The minimum absolute atomic E-state index is 0.178. The van der Waals surface area contributed by atoms with Gasteiger partial charge in [-0.05, 0) is 24.3 Å². The lowest BCUT2D eigenvalue weighted by Gasteiger charge is -2.05. The van der Waals surface area contributed by atoms with Gasteiger partial charge in [-0.15, -0.1) is 0 Å². The summed E-state index contributed by atoms with van der Waals surface area (Å²) < 4.78 is 4.85. The Hall–Kier alpha value is -2.47. The zero-order valence-electron chi connectivity index (χ0n) is 10.2. The van der Waals surface area contributed by atoms with Gasteiger partial charge in [0, 0.05) is 12.4 Å². The number of nitrogens with one attached hydrogen (secondary N) is 1. The molecule has 0 aromatic carbocycles. The second-order valence-electron chi connectivity index (χ2n) is 3.71. The highest BCUT2D eigenvalue weighted by atomic mass is 35.5. The summed E-state index contributed by atoms with van der Waals surface area (Å²) in [6.07, 6.45) is 2.92. The predicted molar refractivity (Wildman–Crippen MR) is 72.4 cm³/mol. The molecule has 0 radical (unpaired) electrons. The topological polar surface area (TPSA) is 81.2 Å². The van der Waals surface area contributed by atoms with Crippen LogP contribution >= 0.6 is 11.6 Å². The number of hydrogen-bond acceptors (Lipinski definition) is 5. The average Bonchev–Trinajstić information content (AvgIpc) is 2.46. The van der Waals surface area contributed by atoms with Crippen LogP contribution in [-0.4, -0.2) is 28.5 Å². The van der Waals surface area contributed by atoms with Crippen molar-refractivity contribution in [2.24, 2.45) is 0 Å². The molecule has 20 heavy (non-hydrogen) atoms. The number of anilines is 1. The summed E-state index contributed by atoms with van der Waals surface area (Å²) in [5.41, 5.74) is 0.232. The number of carbonyl (C=O) groups excluding carboxylic acids is 2. The van der Waals surface area contributed by atoms with Crippen molar-refractivity contribution in [2.45, 2.75) is 0 Å². The Kier molecular flexibility index (Phi) is 4.62. The number of ether oxygens (including phenoxy) is 1. The molecule has 2 rings (SSSR count). The molecule has 2 aromatic heterocycles. The highest BCUT2D eigenvalue weighted by molar-refractivity contribution is 6.29. The zero-order chi connectivity index (χ0) is 14.4. The van der Waals surface area contributed by atoms with Crippen LogP contribution in [-0.2, 0) is 9.53 Å². The molecule has 0 aliphatic rings. The maximum Gasteiger partial charge on any atom is 0.338 e. The third-order valence-corrected chi connectivity index (χ3v) is 2.44. The second kappa shape index (κ2) is 6.63. The van der Waals surface area contributed by atoms with Gasteiger partial charge in [0.1, 0.15) is 11.0 Å². The molecule has 0 saturated heterocycles. The fraction of sp³-hybridized carbons (Fsp3) is 0.0769. The average molecular weight is 292 g/mol. The van der Waals surface area contributed by atoms with Gasteiger partial charge in [-0.25, -0.2) is 14.8 Å². The molecule has 0 bridgehead atoms. The van der Waals surface area contributed by atoms with E-state index in [-0.39, 0.29) is 10.7 Å². The van der Waals surface area contributed by atoms with E-state index in [1.54, 1.807) is 24.4 Å². The van der Waals surface area contributed by atoms with Crippen LogP contribution < -0.4 is 5.32 Å². The van der Waals surface area contributed by atoms with Gasteiger partial charge in [0.15, 0.2) is 6.61 Å². The number of nitrogens with zero attached hydrogens (tertiary/aromatic N) is 2. The standard InChI is InChI=1S/C13H10ClN3O3/c14-10-7-9(4-6-15-10)13(19)20-8-12(18)17-11-3-1-2-5-16-11/h1-7H,8H2,(H,16,17,18). The molecule has 102 valence electrons. The van der Waals surface area contributed by atoms with Gasteiger partial charge in [-0.1, -0.05) is 17.7 Å². The lowest BCUT2D eigenvalue weighted by atomic mass is 10.3. The smallest absolute Gasteiger partial charge is 0.338 e. The van der Waals surface area contributed by atoms with Crippen LogP contribution in [0, 0.1) is 0 Å². The van der Waals surface area contributed by atoms with Gasteiger partial charge in [0.2, 0.25) is 0 Å². The molecule has 1 amide bonds. The SMILES string of the molecule is O=C(COC(=O)c1ccnc(Cl)c1)Nc1ccccn1. The van der Waals surface area contributed by atoms with Crippen molar-refractivity contribution in [1.82, 2.24) is 9.97 Å². The summed E-state index contributed by atoms with van der Waals surface area (Å²) in [5.74, 6) is -0.733. The van der Waals surface area contributed by atoms with Gasteiger partial charge >= 0.3 is 5.97 Å². The molecule has 2 aromatic rings. The van der Waals surface area contributed by atoms with Crippen molar-refractivity contribution in [1.29, 1.82) is 0 Å². The van der Waals surface area contributed by atoms with Crippen molar-refractivity contribution < 1.29 is 14.3 Å². The van der Waals surface area contributed by atoms with E-state index in [4.69, 9.17) is 16.3 Å². The first-order valence-corrected chi connectivity index (χ1v) is 6.02. The molecule has 0 fully saturated rings. The Balaban J connectivity index is 1.86. The lowest BCUT2D eigenvalue weighted by molar-refractivity contribution is -0.119. The van der Waals surface area contributed by atoms with Crippen LogP contribution in [0.15, 0.2) is 42.7 Å².